The Morgan fingerprint density at radius 3 is 2.22 bits per heavy atom. The zero-order chi connectivity index (χ0) is 19.8. The van der Waals surface area contributed by atoms with Gasteiger partial charge in [0.25, 0.3) is 0 Å². The van der Waals surface area contributed by atoms with Crippen LogP contribution in [0.4, 0.5) is 13.2 Å². The van der Waals surface area contributed by atoms with Gasteiger partial charge >= 0.3 is 6.18 Å². The number of likely N-dealkylation sites (tertiary alicyclic amines) is 1. The van der Waals surface area contributed by atoms with Crippen molar-refractivity contribution >= 4 is 11.6 Å². The van der Waals surface area contributed by atoms with E-state index in [1.54, 1.807) is 0 Å². The minimum Gasteiger partial charge on any atom is -0.385 e. The molecule has 152 valence electrons. The van der Waals surface area contributed by atoms with Crippen molar-refractivity contribution in [2.24, 2.45) is 11.8 Å². The van der Waals surface area contributed by atoms with Crippen LogP contribution in [0.15, 0.2) is 18.2 Å². The molecule has 27 heavy (non-hydrogen) atoms. The van der Waals surface area contributed by atoms with Crippen LogP contribution in [0.2, 0.25) is 5.02 Å². The van der Waals surface area contributed by atoms with Gasteiger partial charge in [0, 0.05) is 19.1 Å². The van der Waals surface area contributed by atoms with E-state index in [-0.39, 0.29) is 5.02 Å². The van der Waals surface area contributed by atoms with Gasteiger partial charge in [-0.1, -0.05) is 31.5 Å². The van der Waals surface area contributed by atoms with Gasteiger partial charge in [-0.15, -0.1) is 0 Å². The number of aliphatic hydroxyl groups is 1. The minimum absolute atomic E-state index is 0.322. The third-order valence-corrected chi connectivity index (χ3v) is 6.96. The van der Waals surface area contributed by atoms with Crippen LogP contribution in [0.3, 0.4) is 0 Å². The standard InChI is InChI=1S/C21H29ClF3NO/c1-14(2)15-3-6-17(7-4-15)26-11-9-20(27,10-12-26)16-5-8-19(22)18(13-16)21(23,24)25/h5,8,13-15,17,27H,3-4,6-7,9-12H2,1-2H3. The van der Waals surface area contributed by atoms with E-state index in [0.29, 0.717) is 24.4 Å². The van der Waals surface area contributed by atoms with E-state index in [4.69, 9.17) is 11.6 Å². The van der Waals surface area contributed by atoms with Gasteiger partial charge in [0.05, 0.1) is 16.2 Å². The Morgan fingerprint density at radius 2 is 1.70 bits per heavy atom. The number of hydrogen-bond acceptors (Lipinski definition) is 2. The lowest BCUT2D eigenvalue weighted by Crippen LogP contribution is -2.48. The molecule has 2 aliphatic rings. The molecule has 0 atom stereocenters. The molecule has 1 saturated heterocycles. The first-order chi connectivity index (χ1) is 12.6. The first kappa shape index (κ1) is 20.9. The number of piperidine rings is 1. The van der Waals surface area contributed by atoms with Crippen LogP contribution in [-0.4, -0.2) is 29.1 Å². The summed E-state index contributed by atoms with van der Waals surface area (Å²) >= 11 is 5.71. The number of halogens is 4. The van der Waals surface area contributed by atoms with Gasteiger partial charge in [-0.3, -0.25) is 0 Å². The average molecular weight is 404 g/mol. The Kier molecular flexibility index (Phi) is 6.14. The van der Waals surface area contributed by atoms with E-state index < -0.39 is 17.3 Å². The largest absolute Gasteiger partial charge is 0.417 e. The lowest BCUT2D eigenvalue weighted by atomic mass is 9.78. The highest BCUT2D eigenvalue weighted by Crippen LogP contribution is 2.41. The van der Waals surface area contributed by atoms with Gasteiger partial charge < -0.3 is 10.0 Å². The summed E-state index contributed by atoms with van der Waals surface area (Å²) in [5.41, 5.74) is -1.76. The number of hydrogen-bond donors (Lipinski definition) is 1. The van der Waals surface area contributed by atoms with Crippen LogP contribution in [-0.2, 0) is 11.8 Å². The number of rotatable bonds is 3. The highest BCUT2D eigenvalue weighted by Gasteiger charge is 2.40. The molecule has 1 aliphatic carbocycles. The highest BCUT2D eigenvalue weighted by molar-refractivity contribution is 6.31. The second-order valence-electron chi connectivity index (χ2n) is 8.57. The fourth-order valence-corrected chi connectivity index (χ4v) is 4.94. The second kappa shape index (κ2) is 7.92. The van der Waals surface area contributed by atoms with Gasteiger partial charge in [0.15, 0.2) is 0 Å². The first-order valence-electron chi connectivity index (χ1n) is 9.94. The topological polar surface area (TPSA) is 23.5 Å². The molecule has 6 heteroatoms. The summed E-state index contributed by atoms with van der Waals surface area (Å²) in [6.07, 6.45) is 1.25. The lowest BCUT2D eigenvalue weighted by Gasteiger charge is -2.44. The Labute approximate surface area is 164 Å². The Bertz CT molecular complexity index is 645. The molecule has 2 fully saturated rings. The molecule has 1 saturated carbocycles. The number of alkyl halides is 3. The predicted octanol–water partition coefficient (Wildman–Crippen LogP) is 5.86. The summed E-state index contributed by atoms with van der Waals surface area (Å²) in [5.74, 6) is 1.53. The molecule has 1 N–H and O–H groups in total. The summed E-state index contributed by atoms with van der Waals surface area (Å²) in [5, 5.41) is 10.7. The molecular formula is C21H29ClF3NO. The molecule has 0 unspecified atom stereocenters. The Morgan fingerprint density at radius 1 is 1.11 bits per heavy atom. The van der Waals surface area contributed by atoms with Crippen LogP contribution >= 0.6 is 11.6 Å². The maximum atomic E-state index is 13.1. The fourth-order valence-electron chi connectivity index (χ4n) is 4.71. The molecule has 1 aromatic rings. The maximum Gasteiger partial charge on any atom is 0.417 e. The highest BCUT2D eigenvalue weighted by atomic mass is 35.5. The third-order valence-electron chi connectivity index (χ3n) is 6.63. The predicted molar refractivity (Wildman–Crippen MR) is 102 cm³/mol. The quantitative estimate of drug-likeness (QED) is 0.683. The van der Waals surface area contributed by atoms with Gasteiger partial charge in [0.2, 0.25) is 0 Å². The average Bonchev–Trinajstić information content (AvgIpc) is 2.62. The first-order valence-corrected chi connectivity index (χ1v) is 10.3. The van der Waals surface area contributed by atoms with Crippen molar-refractivity contribution in [1.29, 1.82) is 0 Å². The summed E-state index contributed by atoms with van der Waals surface area (Å²) in [7, 11) is 0. The monoisotopic (exact) mass is 403 g/mol. The van der Waals surface area contributed by atoms with Crippen molar-refractivity contribution in [1.82, 2.24) is 4.90 Å². The van der Waals surface area contributed by atoms with Crippen LogP contribution in [0.25, 0.3) is 0 Å². The molecule has 0 radical (unpaired) electrons. The molecule has 0 amide bonds. The van der Waals surface area contributed by atoms with E-state index in [2.05, 4.69) is 18.7 Å². The summed E-state index contributed by atoms with van der Waals surface area (Å²) in [4.78, 5) is 2.42. The van der Waals surface area contributed by atoms with Crippen LogP contribution in [0.1, 0.15) is 63.5 Å². The van der Waals surface area contributed by atoms with Gasteiger partial charge in [-0.05, 0) is 68.1 Å². The number of benzene rings is 1. The normalized spacial score (nSPS) is 27.1. The molecule has 2 nitrogen and oxygen atoms in total. The zero-order valence-electron chi connectivity index (χ0n) is 16.0. The summed E-state index contributed by atoms with van der Waals surface area (Å²) < 4.78 is 39.4. The van der Waals surface area contributed by atoms with E-state index in [1.165, 1.54) is 37.8 Å². The molecule has 0 spiro atoms. The smallest absolute Gasteiger partial charge is 0.385 e. The maximum absolute atomic E-state index is 13.1. The molecule has 1 heterocycles. The Hall–Kier alpha value is -0.780. The van der Waals surface area contributed by atoms with Crippen LogP contribution in [0.5, 0.6) is 0 Å². The number of nitrogens with zero attached hydrogens (tertiary/aromatic N) is 1. The van der Waals surface area contributed by atoms with E-state index >= 15 is 0 Å². The SMILES string of the molecule is CC(C)C1CCC(N2CCC(O)(c3ccc(Cl)c(C(F)(F)F)c3)CC2)CC1. The van der Waals surface area contributed by atoms with E-state index in [9.17, 15) is 18.3 Å². The van der Waals surface area contributed by atoms with E-state index in [1.807, 2.05) is 0 Å². The lowest BCUT2D eigenvalue weighted by molar-refractivity contribution is -0.137. The zero-order valence-corrected chi connectivity index (χ0v) is 16.8. The van der Waals surface area contributed by atoms with Gasteiger partial charge in [0.1, 0.15) is 0 Å². The summed E-state index contributed by atoms with van der Waals surface area (Å²) in [6, 6.07) is 4.34. The molecular weight excluding hydrogens is 375 g/mol. The van der Waals surface area contributed by atoms with Crippen LogP contribution in [0, 0.1) is 11.8 Å². The molecule has 3 rings (SSSR count). The fraction of sp³-hybridized carbons (Fsp3) is 0.714. The minimum atomic E-state index is -4.51. The van der Waals surface area contributed by atoms with Crippen molar-refractivity contribution in [2.75, 3.05) is 13.1 Å². The second-order valence-corrected chi connectivity index (χ2v) is 8.98. The summed E-state index contributed by atoms with van der Waals surface area (Å²) in [6.45, 7) is 6.01. The molecule has 0 aromatic heterocycles. The molecule has 1 aliphatic heterocycles. The third kappa shape index (κ3) is 4.63. The van der Waals surface area contributed by atoms with Gasteiger partial charge in [-0.2, -0.15) is 13.2 Å². The van der Waals surface area contributed by atoms with Crippen molar-refractivity contribution in [3.05, 3.63) is 34.3 Å². The van der Waals surface area contributed by atoms with E-state index in [0.717, 1.165) is 31.0 Å². The molecule has 1 aromatic carbocycles. The van der Waals surface area contributed by atoms with Crippen molar-refractivity contribution < 1.29 is 18.3 Å². The van der Waals surface area contributed by atoms with Gasteiger partial charge in [-0.25, -0.2) is 0 Å². The van der Waals surface area contributed by atoms with Crippen LogP contribution < -0.4 is 0 Å². The van der Waals surface area contributed by atoms with Crippen molar-refractivity contribution in [3.63, 3.8) is 0 Å². The molecule has 0 bridgehead atoms. The van der Waals surface area contributed by atoms with Crippen molar-refractivity contribution in [3.8, 4) is 0 Å². The van der Waals surface area contributed by atoms with Crippen molar-refractivity contribution in [2.45, 2.75) is 70.2 Å². The Balaban J connectivity index is 1.65.